The lowest BCUT2D eigenvalue weighted by Gasteiger charge is -2.36. The third kappa shape index (κ3) is 2.83. The van der Waals surface area contributed by atoms with E-state index in [1.165, 1.54) is 0 Å². The van der Waals surface area contributed by atoms with Gasteiger partial charge in [0.25, 0.3) is 0 Å². The van der Waals surface area contributed by atoms with Crippen LogP contribution in [0, 0.1) is 0 Å². The van der Waals surface area contributed by atoms with Gasteiger partial charge < -0.3 is 9.47 Å². The van der Waals surface area contributed by atoms with Gasteiger partial charge in [0, 0.05) is 29.3 Å². The Bertz CT molecular complexity index is 654. The molecule has 0 aliphatic carbocycles. The standard InChI is InChI=1S/C15H20BrClN4/c1-9-6-12(4-5-20(9)3)21-14(10(2)17)19-13-7-11(16)8-18-15(13)21/h7-10,12H,4-6H2,1-3H3. The van der Waals surface area contributed by atoms with Crippen LogP contribution in [-0.2, 0) is 0 Å². The average molecular weight is 372 g/mol. The zero-order chi connectivity index (χ0) is 15.1. The number of hydrogen-bond acceptors (Lipinski definition) is 3. The van der Waals surface area contributed by atoms with Crippen LogP contribution in [0.4, 0.5) is 0 Å². The van der Waals surface area contributed by atoms with Crippen LogP contribution in [0.5, 0.6) is 0 Å². The lowest BCUT2D eigenvalue weighted by Crippen LogP contribution is -2.38. The normalized spacial score (nSPS) is 25.4. The predicted octanol–water partition coefficient (Wildman–Crippen LogP) is 4.15. The second-order valence-corrected chi connectivity index (χ2v) is 7.53. The monoisotopic (exact) mass is 370 g/mol. The van der Waals surface area contributed by atoms with Gasteiger partial charge in [-0.1, -0.05) is 0 Å². The minimum atomic E-state index is -0.118. The molecule has 2 aromatic heterocycles. The number of imidazole rings is 1. The van der Waals surface area contributed by atoms with Gasteiger partial charge in [-0.2, -0.15) is 0 Å². The molecule has 0 amide bonds. The third-order valence-electron chi connectivity index (χ3n) is 4.43. The predicted molar refractivity (Wildman–Crippen MR) is 89.9 cm³/mol. The average Bonchev–Trinajstić information content (AvgIpc) is 2.80. The molecular weight excluding hydrogens is 352 g/mol. The number of fused-ring (bicyclic) bond motifs is 1. The first kappa shape index (κ1) is 15.3. The van der Waals surface area contributed by atoms with E-state index in [-0.39, 0.29) is 5.38 Å². The van der Waals surface area contributed by atoms with Crippen molar-refractivity contribution in [2.45, 2.75) is 44.1 Å². The summed E-state index contributed by atoms with van der Waals surface area (Å²) in [5, 5.41) is -0.118. The van der Waals surface area contributed by atoms with Crippen molar-refractivity contribution < 1.29 is 0 Å². The Kier molecular flexibility index (Phi) is 4.26. The van der Waals surface area contributed by atoms with Crippen LogP contribution in [0.1, 0.15) is 43.9 Å². The Hall–Kier alpha value is -0.650. The molecular formula is C15H20BrClN4. The van der Waals surface area contributed by atoms with Crippen LogP contribution >= 0.6 is 27.5 Å². The van der Waals surface area contributed by atoms with E-state index in [0.717, 1.165) is 40.8 Å². The zero-order valence-electron chi connectivity index (χ0n) is 12.6. The molecule has 3 rings (SSSR count). The summed E-state index contributed by atoms with van der Waals surface area (Å²) in [6.07, 6.45) is 4.05. The largest absolute Gasteiger partial charge is 0.308 e. The number of hydrogen-bond donors (Lipinski definition) is 0. The molecule has 3 heterocycles. The van der Waals surface area contributed by atoms with Crippen molar-refractivity contribution in [3.05, 3.63) is 22.6 Å². The van der Waals surface area contributed by atoms with E-state index in [1.807, 2.05) is 19.2 Å². The molecule has 1 aliphatic rings. The molecule has 0 saturated carbocycles. The van der Waals surface area contributed by atoms with Gasteiger partial charge in [-0.3, -0.25) is 0 Å². The van der Waals surface area contributed by atoms with E-state index in [1.54, 1.807) is 0 Å². The van der Waals surface area contributed by atoms with Gasteiger partial charge in [0.05, 0.1) is 5.38 Å². The first-order valence-corrected chi connectivity index (χ1v) is 8.58. The van der Waals surface area contributed by atoms with Gasteiger partial charge in [-0.05, 0) is 55.7 Å². The number of aromatic nitrogens is 3. The number of alkyl halides is 1. The summed E-state index contributed by atoms with van der Waals surface area (Å²) in [5.74, 6) is 0.930. The molecule has 0 spiro atoms. The van der Waals surface area contributed by atoms with E-state index in [4.69, 9.17) is 16.6 Å². The van der Waals surface area contributed by atoms with Crippen molar-refractivity contribution in [1.82, 2.24) is 19.4 Å². The summed E-state index contributed by atoms with van der Waals surface area (Å²) in [4.78, 5) is 11.7. The second kappa shape index (κ2) is 5.86. The number of piperidine rings is 1. The van der Waals surface area contributed by atoms with E-state index in [9.17, 15) is 0 Å². The Morgan fingerprint density at radius 3 is 2.90 bits per heavy atom. The molecule has 3 unspecified atom stereocenters. The summed E-state index contributed by atoms with van der Waals surface area (Å²) in [7, 11) is 2.19. The summed E-state index contributed by atoms with van der Waals surface area (Å²) >= 11 is 9.84. The van der Waals surface area contributed by atoms with Gasteiger partial charge in [-0.15, -0.1) is 11.6 Å². The Labute approximate surface area is 138 Å². The fraction of sp³-hybridized carbons (Fsp3) is 0.600. The first-order valence-electron chi connectivity index (χ1n) is 7.35. The maximum absolute atomic E-state index is 6.37. The maximum atomic E-state index is 6.37. The molecule has 0 aromatic carbocycles. The highest BCUT2D eigenvalue weighted by Crippen LogP contribution is 2.34. The number of pyridine rings is 1. The van der Waals surface area contributed by atoms with Crippen LogP contribution in [0.25, 0.3) is 11.2 Å². The van der Waals surface area contributed by atoms with E-state index in [2.05, 4.69) is 44.4 Å². The molecule has 4 nitrogen and oxygen atoms in total. The molecule has 0 bridgehead atoms. The van der Waals surface area contributed by atoms with Crippen molar-refractivity contribution in [3.63, 3.8) is 0 Å². The molecule has 1 fully saturated rings. The molecule has 114 valence electrons. The molecule has 6 heteroatoms. The first-order chi connectivity index (χ1) is 9.97. The molecule has 3 atom stereocenters. The fourth-order valence-corrected chi connectivity index (χ4v) is 3.59. The SMILES string of the molecule is CC(Cl)c1nc2cc(Br)cnc2n1C1CCN(C)C(C)C1. The summed E-state index contributed by atoms with van der Waals surface area (Å²) < 4.78 is 3.22. The summed E-state index contributed by atoms with van der Waals surface area (Å²) in [5.41, 5.74) is 1.86. The smallest absolute Gasteiger partial charge is 0.160 e. The Morgan fingerprint density at radius 2 is 2.24 bits per heavy atom. The van der Waals surface area contributed by atoms with Crippen LogP contribution in [0.2, 0.25) is 0 Å². The molecule has 1 aliphatic heterocycles. The molecule has 2 aromatic rings. The number of rotatable bonds is 2. The van der Waals surface area contributed by atoms with Crippen LogP contribution < -0.4 is 0 Å². The quantitative estimate of drug-likeness (QED) is 0.744. The van der Waals surface area contributed by atoms with Crippen molar-refractivity contribution in [2.24, 2.45) is 0 Å². The van der Waals surface area contributed by atoms with Gasteiger partial charge >= 0.3 is 0 Å². The van der Waals surface area contributed by atoms with Gasteiger partial charge in [0.1, 0.15) is 11.3 Å². The van der Waals surface area contributed by atoms with Crippen LogP contribution in [-0.4, -0.2) is 39.1 Å². The maximum Gasteiger partial charge on any atom is 0.160 e. The minimum Gasteiger partial charge on any atom is -0.308 e. The molecule has 1 saturated heterocycles. The highest BCUT2D eigenvalue weighted by molar-refractivity contribution is 9.10. The lowest BCUT2D eigenvalue weighted by atomic mass is 9.98. The van der Waals surface area contributed by atoms with Crippen LogP contribution in [0.15, 0.2) is 16.7 Å². The Morgan fingerprint density at radius 1 is 1.48 bits per heavy atom. The molecule has 21 heavy (non-hydrogen) atoms. The van der Waals surface area contributed by atoms with Crippen molar-refractivity contribution in [1.29, 1.82) is 0 Å². The van der Waals surface area contributed by atoms with Crippen LogP contribution in [0.3, 0.4) is 0 Å². The number of nitrogens with zero attached hydrogens (tertiary/aromatic N) is 4. The van der Waals surface area contributed by atoms with Crippen molar-refractivity contribution in [2.75, 3.05) is 13.6 Å². The van der Waals surface area contributed by atoms with E-state index in [0.29, 0.717) is 12.1 Å². The molecule has 0 N–H and O–H groups in total. The highest BCUT2D eigenvalue weighted by atomic mass is 79.9. The van der Waals surface area contributed by atoms with E-state index < -0.39 is 0 Å². The van der Waals surface area contributed by atoms with Crippen molar-refractivity contribution >= 4 is 38.7 Å². The third-order valence-corrected chi connectivity index (χ3v) is 5.05. The molecule has 0 radical (unpaired) electrons. The zero-order valence-corrected chi connectivity index (χ0v) is 14.9. The number of halogens is 2. The minimum absolute atomic E-state index is 0.118. The second-order valence-electron chi connectivity index (χ2n) is 5.96. The number of likely N-dealkylation sites (tertiary alicyclic amines) is 1. The lowest BCUT2D eigenvalue weighted by molar-refractivity contribution is 0.157. The summed E-state index contributed by atoms with van der Waals surface area (Å²) in [6.45, 7) is 5.35. The topological polar surface area (TPSA) is 34.0 Å². The van der Waals surface area contributed by atoms with Gasteiger partial charge in [-0.25, -0.2) is 9.97 Å². The fourth-order valence-electron chi connectivity index (χ4n) is 3.11. The van der Waals surface area contributed by atoms with E-state index >= 15 is 0 Å². The summed E-state index contributed by atoms with van der Waals surface area (Å²) in [6, 6.07) is 3.00. The highest BCUT2D eigenvalue weighted by Gasteiger charge is 2.28. The van der Waals surface area contributed by atoms with Gasteiger partial charge in [0.15, 0.2) is 5.65 Å². The van der Waals surface area contributed by atoms with Gasteiger partial charge in [0.2, 0.25) is 0 Å². The Balaban J connectivity index is 2.09. The van der Waals surface area contributed by atoms with Crippen molar-refractivity contribution in [3.8, 4) is 0 Å².